The van der Waals surface area contributed by atoms with Gasteiger partial charge in [0.1, 0.15) is 0 Å². The monoisotopic (exact) mass is 252 g/mol. The maximum absolute atomic E-state index is 6.05. The van der Waals surface area contributed by atoms with Gasteiger partial charge in [-0.2, -0.15) is 0 Å². The molecule has 0 spiro atoms. The fourth-order valence-corrected chi connectivity index (χ4v) is 2.40. The largest absolute Gasteiger partial charge is 0.398 e. The Morgan fingerprint density at radius 3 is 2.47 bits per heavy atom. The number of hydrogen-bond acceptors (Lipinski definition) is 2. The van der Waals surface area contributed by atoms with Crippen LogP contribution in [0.25, 0.3) is 0 Å². The third-order valence-corrected chi connectivity index (χ3v) is 3.78. The van der Waals surface area contributed by atoms with Crippen LogP contribution in [0.2, 0.25) is 0 Å². The van der Waals surface area contributed by atoms with Crippen molar-refractivity contribution in [3.05, 3.63) is 59.7 Å². The lowest BCUT2D eigenvalue weighted by molar-refractivity contribution is 0.794. The van der Waals surface area contributed by atoms with Gasteiger partial charge in [0.15, 0.2) is 0 Å². The predicted molar refractivity (Wildman–Crippen MR) is 81.2 cm³/mol. The highest BCUT2D eigenvalue weighted by atomic mass is 15.2. The molecule has 2 heteroatoms. The molecule has 1 fully saturated rings. The summed E-state index contributed by atoms with van der Waals surface area (Å²) in [5.74, 6) is 0. The zero-order valence-electron chi connectivity index (χ0n) is 11.3. The zero-order valence-corrected chi connectivity index (χ0v) is 11.3. The van der Waals surface area contributed by atoms with Crippen molar-refractivity contribution in [2.24, 2.45) is 0 Å². The number of nitrogen functional groups attached to an aromatic ring is 1. The summed E-state index contributed by atoms with van der Waals surface area (Å²) >= 11 is 0. The number of nitrogens with zero attached hydrogens (tertiary/aromatic N) is 1. The van der Waals surface area contributed by atoms with Crippen LogP contribution < -0.4 is 10.6 Å². The van der Waals surface area contributed by atoms with Crippen LogP contribution in [0, 0.1) is 6.92 Å². The van der Waals surface area contributed by atoms with Gasteiger partial charge >= 0.3 is 0 Å². The van der Waals surface area contributed by atoms with E-state index in [2.05, 4.69) is 60.4 Å². The molecular formula is C17H20N2. The molecule has 1 aliphatic carbocycles. The van der Waals surface area contributed by atoms with Gasteiger partial charge in [-0.1, -0.05) is 36.4 Å². The van der Waals surface area contributed by atoms with Crippen LogP contribution in [0.3, 0.4) is 0 Å². The average molecular weight is 252 g/mol. The lowest BCUT2D eigenvalue weighted by atomic mass is 10.1. The Hall–Kier alpha value is -1.96. The molecule has 2 aromatic carbocycles. The number of nitrogens with two attached hydrogens (primary N) is 1. The quantitative estimate of drug-likeness (QED) is 0.840. The number of hydrogen-bond donors (Lipinski definition) is 1. The van der Waals surface area contributed by atoms with Gasteiger partial charge in [-0.15, -0.1) is 0 Å². The second kappa shape index (κ2) is 4.96. The minimum Gasteiger partial charge on any atom is -0.398 e. The molecule has 0 bridgehead atoms. The molecule has 0 amide bonds. The Bertz CT molecular complexity index is 559. The highest BCUT2D eigenvalue weighted by Gasteiger charge is 2.29. The van der Waals surface area contributed by atoms with Gasteiger partial charge in [0.05, 0.1) is 0 Å². The van der Waals surface area contributed by atoms with Gasteiger partial charge in [-0.3, -0.25) is 0 Å². The number of rotatable bonds is 4. The second-order valence-corrected chi connectivity index (χ2v) is 5.39. The van der Waals surface area contributed by atoms with E-state index in [1.54, 1.807) is 0 Å². The molecule has 3 rings (SSSR count). The van der Waals surface area contributed by atoms with Gasteiger partial charge < -0.3 is 10.6 Å². The number of anilines is 2. The van der Waals surface area contributed by atoms with Crippen molar-refractivity contribution in [2.75, 3.05) is 10.6 Å². The predicted octanol–water partition coefficient (Wildman–Crippen LogP) is 3.75. The first kappa shape index (κ1) is 12.1. The molecular weight excluding hydrogens is 232 g/mol. The van der Waals surface area contributed by atoms with Gasteiger partial charge in [-0.25, -0.2) is 0 Å². The van der Waals surface area contributed by atoms with E-state index in [1.165, 1.54) is 24.1 Å². The minimum atomic E-state index is 0.683. The molecule has 0 saturated heterocycles. The molecule has 2 aromatic rings. The van der Waals surface area contributed by atoms with Crippen molar-refractivity contribution in [3.8, 4) is 0 Å². The van der Waals surface area contributed by atoms with E-state index in [9.17, 15) is 0 Å². The fraction of sp³-hybridized carbons (Fsp3) is 0.294. The van der Waals surface area contributed by atoms with Gasteiger partial charge in [0, 0.05) is 24.0 Å². The Labute approximate surface area is 114 Å². The van der Waals surface area contributed by atoms with Gasteiger partial charge in [0.2, 0.25) is 0 Å². The smallest absolute Gasteiger partial charge is 0.0432 e. The molecule has 19 heavy (non-hydrogen) atoms. The summed E-state index contributed by atoms with van der Waals surface area (Å²) in [6, 6.07) is 17.7. The second-order valence-electron chi connectivity index (χ2n) is 5.39. The van der Waals surface area contributed by atoms with E-state index in [-0.39, 0.29) is 0 Å². The van der Waals surface area contributed by atoms with Crippen LogP contribution in [-0.2, 0) is 6.54 Å². The van der Waals surface area contributed by atoms with Crippen molar-refractivity contribution >= 4 is 11.4 Å². The maximum atomic E-state index is 6.05. The van der Waals surface area contributed by atoms with Crippen molar-refractivity contribution in [2.45, 2.75) is 32.4 Å². The van der Waals surface area contributed by atoms with E-state index in [1.807, 2.05) is 0 Å². The van der Waals surface area contributed by atoms with Crippen LogP contribution in [0.15, 0.2) is 48.5 Å². The lowest BCUT2D eigenvalue weighted by Gasteiger charge is -2.25. The van der Waals surface area contributed by atoms with Crippen molar-refractivity contribution in [1.29, 1.82) is 0 Å². The highest BCUT2D eigenvalue weighted by molar-refractivity contribution is 5.60. The number of aryl methyl sites for hydroxylation is 1. The average Bonchev–Trinajstić information content (AvgIpc) is 3.25. The van der Waals surface area contributed by atoms with Gasteiger partial charge in [-0.05, 0) is 43.0 Å². The molecule has 0 radical (unpaired) electrons. The molecule has 98 valence electrons. The van der Waals surface area contributed by atoms with E-state index in [0.717, 1.165) is 17.8 Å². The molecule has 0 atom stereocenters. The zero-order chi connectivity index (χ0) is 13.2. The molecule has 2 N–H and O–H groups in total. The minimum absolute atomic E-state index is 0.683. The molecule has 0 unspecified atom stereocenters. The van der Waals surface area contributed by atoms with E-state index in [4.69, 9.17) is 5.73 Å². The molecule has 0 aromatic heterocycles. The van der Waals surface area contributed by atoms with Crippen molar-refractivity contribution in [3.63, 3.8) is 0 Å². The molecule has 0 aliphatic heterocycles. The standard InChI is InChI=1S/C17H20N2/c1-13-7-8-16(11-17(13)18)19(15-9-10-15)12-14-5-3-2-4-6-14/h2-8,11,15H,9-10,12,18H2,1H3. The Morgan fingerprint density at radius 1 is 1.11 bits per heavy atom. The third kappa shape index (κ3) is 2.73. The van der Waals surface area contributed by atoms with E-state index in [0.29, 0.717) is 6.04 Å². The normalized spacial score (nSPS) is 14.4. The fourth-order valence-electron chi connectivity index (χ4n) is 2.40. The first-order valence-electron chi connectivity index (χ1n) is 6.91. The van der Waals surface area contributed by atoms with Crippen LogP contribution in [0.1, 0.15) is 24.0 Å². The summed E-state index contributed by atoms with van der Waals surface area (Å²) in [5, 5.41) is 0. The first-order chi connectivity index (χ1) is 9.24. The van der Waals surface area contributed by atoms with Crippen LogP contribution >= 0.6 is 0 Å². The summed E-state index contributed by atoms with van der Waals surface area (Å²) in [4.78, 5) is 2.48. The third-order valence-electron chi connectivity index (χ3n) is 3.78. The molecule has 0 heterocycles. The SMILES string of the molecule is Cc1ccc(N(Cc2ccccc2)C2CC2)cc1N. The highest BCUT2D eigenvalue weighted by Crippen LogP contribution is 2.34. The number of benzene rings is 2. The van der Waals surface area contributed by atoms with Crippen LogP contribution in [0.4, 0.5) is 11.4 Å². The van der Waals surface area contributed by atoms with E-state index < -0.39 is 0 Å². The molecule has 2 nitrogen and oxygen atoms in total. The Morgan fingerprint density at radius 2 is 1.84 bits per heavy atom. The molecule has 1 saturated carbocycles. The van der Waals surface area contributed by atoms with Crippen LogP contribution in [-0.4, -0.2) is 6.04 Å². The summed E-state index contributed by atoms with van der Waals surface area (Å²) in [5.41, 5.74) is 10.7. The summed E-state index contributed by atoms with van der Waals surface area (Å²) in [6.07, 6.45) is 2.58. The molecule has 1 aliphatic rings. The summed E-state index contributed by atoms with van der Waals surface area (Å²) < 4.78 is 0. The Kier molecular flexibility index (Phi) is 3.16. The van der Waals surface area contributed by atoms with Gasteiger partial charge in [0.25, 0.3) is 0 Å². The summed E-state index contributed by atoms with van der Waals surface area (Å²) in [7, 11) is 0. The van der Waals surface area contributed by atoms with Crippen molar-refractivity contribution < 1.29 is 0 Å². The topological polar surface area (TPSA) is 29.3 Å². The van der Waals surface area contributed by atoms with E-state index >= 15 is 0 Å². The van der Waals surface area contributed by atoms with Crippen LogP contribution in [0.5, 0.6) is 0 Å². The summed E-state index contributed by atoms with van der Waals surface area (Å²) in [6.45, 7) is 3.02. The van der Waals surface area contributed by atoms with Crippen molar-refractivity contribution in [1.82, 2.24) is 0 Å². The first-order valence-corrected chi connectivity index (χ1v) is 6.91. The lowest BCUT2D eigenvalue weighted by Crippen LogP contribution is -2.25. The Balaban J connectivity index is 1.86. The maximum Gasteiger partial charge on any atom is 0.0432 e.